The third-order valence-corrected chi connectivity index (χ3v) is 8.88. The summed E-state index contributed by atoms with van der Waals surface area (Å²) in [5.74, 6) is 0.508. The average Bonchev–Trinajstić information content (AvgIpc) is 3.50. The summed E-state index contributed by atoms with van der Waals surface area (Å²) in [7, 11) is 1.91. The molecule has 11 nitrogen and oxygen atoms in total. The van der Waals surface area contributed by atoms with Gasteiger partial charge in [0.25, 0.3) is 0 Å². The van der Waals surface area contributed by atoms with E-state index in [0.717, 1.165) is 27.4 Å². The van der Waals surface area contributed by atoms with E-state index >= 15 is 0 Å². The maximum absolute atomic E-state index is 12.4. The number of carbonyl (C=O) groups excluding carboxylic acids is 2. The molecule has 0 radical (unpaired) electrons. The van der Waals surface area contributed by atoms with Gasteiger partial charge in [-0.25, -0.2) is 0 Å². The monoisotopic (exact) mass is 644 g/mol. The van der Waals surface area contributed by atoms with E-state index in [1.165, 1.54) is 0 Å². The number of benzene rings is 3. The normalized spacial score (nSPS) is 17.8. The molecule has 3 atom stereocenters. The van der Waals surface area contributed by atoms with Crippen LogP contribution in [-0.2, 0) is 39.3 Å². The van der Waals surface area contributed by atoms with Crippen LogP contribution < -0.4 is 16.4 Å². The lowest BCUT2D eigenvalue weighted by Crippen LogP contribution is -2.31. The number of aliphatic hydroxyl groups excluding tert-OH is 1. The Kier molecular flexibility index (Phi) is 11.8. The van der Waals surface area contributed by atoms with Gasteiger partial charge >= 0.3 is 0 Å². The zero-order chi connectivity index (χ0) is 32.3. The molecule has 3 aromatic carbocycles. The van der Waals surface area contributed by atoms with Crippen molar-refractivity contribution >= 4 is 35.0 Å². The number of ether oxygens (including phenoxy) is 2. The van der Waals surface area contributed by atoms with Gasteiger partial charge in [-0.3, -0.25) is 9.59 Å². The highest BCUT2D eigenvalue weighted by Gasteiger charge is 2.32. The number of thioether (sulfide) groups is 1. The summed E-state index contributed by atoms with van der Waals surface area (Å²) < 4.78 is 14.7. The third-order valence-electron chi connectivity index (χ3n) is 7.72. The number of aromatic nitrogens is 3. The minimum absolute atomic E-state index is 0.00845. The van der Waals surface area contributed by atoms with Gasteiger partial charge in [-0.05, 0) is 41.7 Å². The second kappa shape index (κ2) is 16.4. The van der Waals surface area contributed by atoms with E-state index in [-0.39, 0.29) is 30.6 Å². The van der Waals surface area contributed by atoms with E-state index in [1.807, 2.05) is 72.3 Å². The maximum Gasteiger partial charge on any atom is 0.224 e. The largest absolute Gasteiger partial charge is 0.397 e. The van der Waals surface area contributed by atoms with Crippen molar-refractivity contribution in [1.82, 2.24) is 20.1 Å². The lowest BCUT2D eigenvalue weighted by molar-refractivity contribution is -0.245. The minimum atomic E-state index is -0.569. The van der Waals surface area contributed by atoms with Crippen molar-refractivity contribution < 1.29 is 24.2 Å². The second-order valence-electron chi connectivity index (χ2n) is 11.2. The number of unbranched alkanes of at least 4 members (excludes halogenated alkanes) is 1. The predicted molar refractivity (Wildman–Crippen MR) is 176 cm³/mol. The number of hydrogen-bond donors (Lipinski definition) is 4. The number of anilines is 2. The van der Waals surface area contributed by atoms with Crippen molar-refractivity contribution in [3.63, 3.8) is 0 Å². The molecule has 1 fully saturated rings. The molecule has 5 rings (SSSR count). The van der Waals surface area contributed by atoms with Crippen LogP contribution in [0, 0.1) is 0 Å². The number of amides is 2. The molecule has 1 aliphatic rings. The smallest absolute Gasteiger partial charge is 0.224 e. The number of nitrogens with zero attached hydrogens (tertiary/aromatic N) is 3. The van der Waals surface area contributed by atoms with E-state index < -0.39 is 6.29 Å². The molecular formula is C34H40N6O5S. The SMILES string of the molecule is Cn1cnnc1SCC1CC(c2ccc(CO)cc2)OC(c2ccc(CNC(=O)CCCCC(=O)Nc3ccccc3N)cc2)O1. The molecule has 0 aliphatic carbocycles. The fourth-order valence-corrected chi connectivity index (χ4v) is 5.98. The molecule has 2 heterocycles. The van der Waals surface area contributed by atoms with Gasteiger partial charge in [0.2, 0.25) is 11.8 Å². The summed E-state index contributed by atoms with van der Waals surface area (Å²) in [6.07, 6.45) is 3.39. The molecule has 46 heavy (non-hydrogen) atoms. The molecule has 0 spiro atoms. The van der Waals surface area contributed by atoms with Crippen molar-refractivity contribution in [2.75, 3.05) is 16.8 Å². The van der Waals surface area contributed by atoms with Crippen LogP contribution in [0.2, 0.25) is 0 Å². The van der Waals surface area contributed by atoms with Gasteiger partial charge in [-0.2, -0.15) is 0 Å². The van der Waals surface area contributed by atoms with Crippen molar-refractivity contribution in [3.8, 4) is 0 Å². The molecule has 12 heteroatoms. The lowest BCUT2D eigenvalue weighted by Gasteiger charge is -2.36. The first kappa shape index (κ1) is 33.1. The highest BCUT2D eigenvalue weighted by Crippen LogP contribution is 2.39. The topological polar surface area (TPSA) is 154 Å². The minimum Gasteiger partial charge on any atom is -0.397 e. The zero-order valence-corrected chi connectivity index (χ0v) is 26.6. The Morgan fingerprint density at radius 1 is 0.957 bits per heavy atom. The molecule has 1 saturated heterocycles. The third kappa shape index (κ3) is 9.39. The van der Waals surface area contributed by atoms with Gasteiger partial charge in [-0.1, -0.05) is 72.4 Å². The highest BCUT2D eigenvalue weighted by atomic mass is 32.2. The van der Waals surface area contributed by atoms with Crippen LogP contribution in [0.15, 0.2) is 84.3 Å². The summed E-state index contributed by atoms with van der Waals surface area (Å²) >= 11 is 1.59. The van der Waals surface area contributed by atoms with E-state index in [4.69, 9.17) is 15.2 Å². The second-order valence-corrected chi connectivity index (χ2v) is 12.2. The van der Waals surface area contributed by atoms with Crippen molar-refractivity contribution in [3.05, 3.63) is 101 Å². The highest BCUT2D eigenvalue weighted by molar-refractivity contribution is 7.99. The van der Waals surface area contributed by atoms with E-state index in [1.54, 1.807) is 30.2 Å². The molecule has 2 amide bonds. The van der Waals surface area contributed by atoms with Gasteiger partial charge in [0, 0.05) is 44.2 Å². The molecule has 0 saturated carbocycles. The molecule has 242 valence electrons. The van der Waals surface area contributed by atoms with Crippen molar-refractivity contribution in [1.29, 1.82) is 0 Å². The van der Waals surface area contributed by atoms with E-state index in [2.05, 4.69) is 20.8 Å². The average molecular weight is 645 g/mol. The number of nitrogens with one attached hydrogen (secondary N) is 2. The first-order valence-corrected chi connectivity index (χ1v) is 16.3. The van der Waals surface area contributed by atoms with Crippen LogP contribution in [0.5, 0.6) is 0 Å². The lowest BCUT2D eigenvalue weighted by atomic mass is 10.0. The summed E-state index contributed by atoms with van der Waals surface area (Å²) in [5, 5.41) is 24.2. The summed E-state index contributed by atoms with van der Waals surface area (Å²) in [6.45, 7) is 0.390. The number of nitrogen functional groups attached to an aromatic ring is 1. The maximum atomic E-state index is 12.4. The Labute approximate surface area is 272 Å². The quantitative estimate of drug-likeness (QED) is 0.0840. The Hall–Kier alpha value is -4.23. The first-order valence-electron chi connectivity index (χ1n) is 15.3. The van der Waals surface area contributed by atoms with Crippen LogP contribution in [0.4, 0.5) is 11.4 Å². The Balaban J connectivity index is 1.10. The fraction of sp³-hybridized carbons (Fsp3) is 0.353. The number of nitrogens with two attached hydrogens (primary N) is 1. The number of para-hydroxylation sites is 2. The first-order chi connectivity index (χ1) is 22.4. The van der Waals surface area contributed by atoms with Crippen LogP contribution in [0.1, 0.15) is 66.8 Å². The zero-order valence-electron chi connectivity index (χ0n) is 25.8. The summed E-state index contributed by atoms with van der Waals surface area (Å²) in [4.78, 5) is 24.6. The van der Waals surface area contributed by atoms with Crippen LogP contribution in [0.25, 0.3) is 0 Å². The number of aliphatic hydroxyl groups is 1. The van der Waals surface area contributed by atoms with E-state index in [9.17, 15) is 14.7 Å². The molecule has 4 aromatic rings. The van der Waals surface area contributed by atoms with Gasteiger partial charge < -0.3 is 35.5 Å². The Morgan fingerprint density at radius 2 is 1.65 bits per heavy atom. The predicted octanol–water partition coefficient (Wildman–Crippen LogP) is 5.04. The van der Waals surface area contributed by atoms with Gasteiger partial charge in [0.15, 0.2) is 11.4 Å². The molecule has 3 unspecified atom stereocenters. The van der Waals surface area contributed by atoms with Gasteiger partial charge in [-0.15, -0.1) is 10.2 Å². The summed E-state index contributed by atoms with van der Waals surface area (Å²) in [6, 6.07) is 22.8. The Morgan fingerprint density at radius 3 is 2.35 bits per heavy atom. The molecule has 0 bridgehead atoms. The number of carbonyl (C=O) groups is 2. The number of hydrogen-bond acceptors (Lipinski definition) is 9. The van der Waals surface area contributed by atoms with Crippen LogP contribution in [-0.4, -0.2) is 43.5 Å². The van der Waals surface area contributed by atoms with Gasteiger partial charge in [0.05, 0.1) is 30.2 Å². The van der Waals surface area contributed by atoms with Crippen LogP contribution >= 0.6 is 11.8 Å². The number of rotatable bonds is 14. The van der Waals surface area contributed by atoms with Gasteiger partial charge in [0.1, 0.15) is 6.33 Å². The fourth-order valence-electron chi connectivity index (χ4n) is 5.07. The van der Waals surface area contributed by atoms with Crippen molar-refractivity contribution in [2.24, 2.45) is 7.05 Å². The summed E-state index contributed by atoms with van der Waals surface area (Å²) in [5.41, 5.74) is 10.7. The Bertz CT molecular complexity index is 1580. The van der Waals surface area contributed by atoms with E-state index in [0.29, 0.717) is 55.8 Å². The van der Waals surface area contributed by atoms with Crippen molar-refractivity contribution in [2.45, 2.75) is 68.9 Å². The molecule has 1 aromatic heterocycles. The standard InChI is InChI=1S/C34H40N6O5S/c1-40-22-37-39-34(40)46-21-27-18-30(25-14-12-24(20-41)13-15-25)45-33(44-27)26-16-10-23(11-17-26)19-36-31(42)8-4-5-9-32(43)38-29-7-3-2-6-28(29)35/h2-3,6-7,10-17,22,27,30,33,41H,4-5,8-9,18-21,35H2,1H3,(H,36,42)(H,38,43). The number of aryl methyl sites for hydroxylation is 1. The van der Waals surface area contributed by atoms with Crippen LogP contribution in [0.3, 0.4) is 0 Å². The molecule has 5 N–H and O–H groups in total. The molecule has 1 aliphatic heterocycles. The molecular weight excluding hydrogens is 604 g/mol.